The number of para-hydroxylation sites is 4. The number of nitriles is 2. The van der Waals surface area contributed by atoms with Crippen LogP contribution >= 0.6 is 0 Å². The van der Waals surface area contributed by atoms with Crippen LogP contribution in [-0.4, -0.2) is 13.7 Å². The summed E-state index contributed by atoms with van der Waals surface area (Å²) in [5, 5.41) is 26.9. The molecular formula is C50H29N5. The molecule has 0 atom stereocenters. The van der Waals surface area contributed by atoms with Gasteiger partial charge in [-0.2, -0.15) is 10.5 Å². The van der Waals surface area contributed by atoms with Crippen LogP contribution in [0.25, 0.3) is 93.6 Å². The zero-order chi connectivity index (χ0) is 36.6. The average molecular weight is 700 g/mol. The summed E-state index contributed by atoms with van der Waals surface area (Å²) in [4.78, 5) is 0. The summed E-state index contributed by atoms with van der Waals surface area (Å²) in [5.74, 6) is 0. The maximum Gasteiger partial charge on any atom is 0.0998 e. The molecule has 3 heterocycles. The average Bonchev–Trinajstić information content (AvgIpc) is 3.88. The molecule has 0 radical (unpaired) electrons. The van der Waals surface area contributed by atoms with Crippen molar-refractivity contribution >= 4 is 65.4 Å². The molecule has 11 aromatic rings. The number of hydrogen-bond donors (Lipinski definition) is 0. The molecule has 5 nitrogen and oxygen atoms in total. The number of nitrogens with zero attached hydrogens (tertiary/aromatic N) is 5. The van der Waals surface area contributed by atoms with Gasteiger partial charge in [0.2, 0.25) is 0 Å². The van der Waals surface area contributed by atoms with Gasteiger partial charge in [0, 0.05) is 54.9 Å². The van der Waals surface area contributed by atoms with Crippen LogP contribution < -0.4 is 0 Å². The number of benzene rings is 8. The molecule has 11 rings (SSSR count). The van der Waals surface area contributed by atoms with Crippen molar-refractivity contribution in [3.63, 3.8) is 0 Å². The van der Waals surface area contributed by atoms with Gasteiger partial charge < -0.3 is 13.7 Å². The van der Waals surface area contributed by atoms with E-state index in [1.165, 1.54) is 21.5 Å². The van der Waals surface area contributed by atoms with E-state index in [-0.39, 0.29) is 0 Å². The second kappa shape index (κ2) is 11.8. The minimum atomic E-state index is 0.631. The Morgan fingerprint density at radius 3 is 1.35 bits per heavy atom. The number of rotatable bonds is 4. The molecule has 8 aromatic carbocycles. The van der Waals surface area contributed by atoms with Gasteiger partial charge in [0.05, 0.1) is 56.4 Å². The summed E-state index contributed by atoms with van der Waals surface area (Å²) < 4.78 is 6.92. The SMILES string of the molecule is N#Cc1ccc2c(c1)c1ccccc1n2-c1ccc2c3ccccc3n(-c3ccc(-c4cc(-n5c6ccccc6c6ccccc65)ccc4C#N)cc3)c2c1. The van der Waals surface area contributed by atoms with Crippen LogP contribution in [0, 0.1) is 22.7 Å². The van der Waals surface area contributed by atoms with Crippen LogP contribution in [0.4, 0.5) is 0 Å². The smallest absolute Gasteiger partial charge is 0.0998 e. The first kappa shape index (κ1) is 30.7. The summed E-state index contributed by atoms with van der Waals surface area (Å²) in [5.41, 5.74) is 12.9. The van der Waals surface area contributed by atoms with Gasteiger partial charge in [0.15, 0.2) is 0 Å². The van der Waals surface area contributed by atoms with E-state index < -0.39 is 0 Å². The van der Waals surface area contributed by atoms with Crippen molar-refractivity contribution in [2.24, 2.45) is 0 Å². The van der Waals surface area contributed by atoms with Gasteiger partial charge in [0.1, 0.15) is 0 Å². The zero-order valence-corrected chi connectivity index (χ0v) is 29.5. The summed E-state index contributed by atoms with van der Waals surface area (Å²) in [7, 11) is 0. The molecule has 0 unspecified atom stereocenters. The number of hydrogen-bond acceptors (Lipinski definition) is 2. The van der Waals surface area contributed by atoms with E-state index in [0.29, 0.717) is 11.1 Å². The minimum Gasteiger partial charge on any atom is -0.309 e. The van der Waals surface area contributed by atoms with Crippen molar-refractivity contribution < 1.29 is 0 Å². The standard InChI is InChI=1S/C50H29N5/c51-30-32-17-26-49-44(27-32)41-12-4-8-16-48(41)55(49)37-24-25-42-40-11-3-5-13-45(40)53(50(42)29-37)35-21-18-33(19-22-35)43-28-36(23-20-34(43)31-52)54-46-14-6-1-9-38(46)39-10-2-7-15-47(39)54/h1-29H. The molecule has 0 bridgehead atoms. The van der Waals surface area contributed by atoms with E-state index in [1.807, 2.05) is 24.3 Å². The highest BCUT2D eigenvalue weighted by Crippen LogP contribution is 2.38. The van der Waals surface area contributed by atoms with Crippen molar-refractivity contribution in [3.05, 3.63) is 187 Å². The van der Waals surface area contributed by atoms with Crippen LogP contribution in [0.3, 0.4) is 0 Å². The highest BCUT2D eigenvalue weighted by Gasteiger charge is 2.18. The number of fused-ring (bicyclic) bond motifs is 9. The first-order valence-corrected chi connectivity index (χ1v) is 18.3. The highest BCUT2D eigenvalue weighted by atomic mass is 15.0. The van der Waals surface area contributed by atoms with E-state index in [0.717, 1.165) is 72.1 Å². The molecule has 0 saturated carbocycles. The van der Waals surface area contributed by atoms with Crippen molar-refractivity contribution in [2.75, 3.05) is 0 Å². The lowest BCUT2D eigenvalue weighted by atomic mass is 9.99. The third-order valence-corrected chi connectivity index (χ3v) is 11.1. The fourth-order valence-corrected chi connectivity index (χ4v) is 8.70. The Kier molecular flexibility index (Phi) is 6.61. The monoisotopic (exact) mass is 699 g/mol. The second-order valence-corrected chi connectivity index (χ2v) is 14.0. The van der Waals surface area contributed by atoms with Crippen LogP contribution in [0.15, 0.2) is 176 Å². The van der Waals surface area contributed by atoms with E-state index in [1.54, 1.807) is 0 Å². The Labute approximate surface area is 316 Å². The highest BCUT2D eigenvalue weighted by molar-refractivity contribution is 6.12. The third kappa shape index (κ3) is 4.51. The van der Waals surface area contributed by atoms with Gasteiger partial charge in [-0.1, -0.05) is 91.0 Å². The van der Waals surface area contributed by atoms with E-state index >= 15 is 0 Å². The molecule has 0 fully saturated rings. The lowest BCUT2D eigenvalue weighted by Gasteiger charge is -2.14. The van der Waals surface area contributed by atoms with E-state index in [4.69, 9.17) is 0 Å². The molecule has 0 amide bonds. The molecule has 0 saturated heterocycles. The van der Waals surface area contributed by atoms with Crippen molar-refractivity contribution in [1.82, 2.24) is 13.7 Å². The molecule has 55 heavy (non-hydrogen) atoms. The molecule has 0 N–H and O–H groups in total. The summed E-state index contributed by atoms with van der Waals surface area (Å²) in [6.45, 7) is 0. The minimum absolute atomic E-state index is 0.631. The molecule has 0 aliphatic rings. The molecule has 0 aliphatic heterocycles. The van der Waals surface area contributed by atoms with Crippen LogP contribution in [-0.2, 0) is 0 Å². The first-order valence-electron chi connectivity index (χ1n) is 18.3. The fraction of sp³-hybridized carbons (Fsp3) is 0. The largest absolute Gasteiger partial charge is 0.309 e. The Balaban J connectivity index is 1.07. The van der Waals surface area contributed by atoms with Gasteiger partial charge in [-0.25, -0.2) is 0 Å². The molecule has 3 aromatic heterocycles. The van der Waals surface area contributed by atoms with Gasteiger partial charge >= 0.3 is 0 Å². The van der Waals surface area contributed by atoms with Crippen LogP contribution in [0.5, 0.6) is 0 Å². The maximum atomic E-state index is 10.3. The molecule has 254 valence electrons. The van der Waals surface area contributed by atoms with Gasteiger partial charge in [-0.05, 0) is 90.5 Å². The number of aromatic nitrogens is 3. The van der Waals surface area contributed by atoms with Crippen LogP contribution in [0.1, 0.15) is 11.1 Å². The van der Waals surface area contributed by atoms with Crippen molar-refractivity contribution in [1.29, 1.82) is 10.5 Å². The summed E-state index contributed by atoms with van der Waals surface area (Å²) in [6.07, 6.45) is 0. The summed E-state index contributed by atoms with van der Waals surface area (Å²) in [6, 6.07) is 66.0. The Bertz CT molecular complexity index is 3400. The molecule has 0 aliphatic carbocycles. The Hall–Kier alpha value is -7.86. The summed E-state index contributed by atoms with van der Waals surface area (Å²) >= 11 is 0. The Morgan fingerprint density at radius 2 is 0.782 bits per heavy atom. The second-order valence-electron chi connectivity index (χ2n) is 14.0. The fourth-order valence-electron chi connectivity index (χ4n) is 8.70. The maximum absolute atomic E-state index is 10.3. The molecule has 5 heteroatoms. The van der Waals surface area contributed by atoms with E-state index in [9.17, 15) is 10.5 Å². The van der Waals surface area contributed by atoms with Gasteiger partial charge in [-0.3, -0.25) is 0 Å². The topological polar surface area (TPSA) is 62.4 Å². The van der Waals surface area contributed by atoms with Gasteiger partial charge in [-0.15, -0.1) is 0 Å². The predicted molar refractivity (Wildman–Crippen MR) is 224 cm³/mol. The lowest BCUT2D eigenvalue weighted by molar-refractivity contribution is 1.15. The van der Waals surface area contributed by atoms with Crippen LogP contribution in [0.2, 0.25) is 0 Å². The lowest BCUT2D eigenvalue weighted by Crippen LogP contribution is -1.98. The van der Waals surface area contributed by atoms with Crippen molar-refractivity contribution in [3.8, 4) is 40.3 Å². The van der Waals surface area contributed by atoms with Crippen molar-refractivity contribution in [2.45, 2.75) is 0 Å². The molecular weight excluding hydrogens is 671 g/mol. The zero-order valence-electron chi connectivity index (χ0n) is 29.5. The van der Waals surface area contributed by atoms with E-state index in [2.05, 4.69) is 177 Å². The van der Waals surface area contributed by atoms with Gasteiger partial charge in [0.25, 0.3) is 0 Å². The quantitative estimate of drug-likeness (QED) is 0.184. The third-order valence-electron chi connectivity index (χ3n) is 11.1. The first-order chi connectivity index (χ1) is 27.2. The predicted octanol–water partition coefficient (Wildman–Crippen LogP) is 12.4. The normalized spacial score (nSPS) is 11.6. The Morgan fingerprint density at radius 1 is 0.327 bits per heavy atom. The molecule has 0 spiro atoms.